The lowest BCUT2D eigenvalue weighted by Gasteiger charge is -2.22. The lowest BCUT2D eigenvalue weighted by atomic mass is 9.95. The van der Waals surface area contributed by atoms with Gasteiger partial charge in [0.25, 0.3) is 10.2 Å². The van der Waals surface area contributed by atoms with Gasteiger partial charge in [-0.2, -0.15) is 17.4 Å². The molecule has 2 atom stereocenters. The van der Waals surface area contributed by atoms with Gasteiger partial charge in [-0.05, 0) is 17.7 Å². The van der Waals surface area contributed by atoms with Gasteiger partial charge in [0.2, 0.25) is 5.91 Å². The Morgan fingerprint density at radius 1 is 1.40 bits per heavy atom. The summed E-state index contributed by atoms with van der Waals surface area (Å²) in [5.74, 6) is 0.166. The van der Waals surface area contributed by atoms with E-state index in [0.29, 0.717) is 18.8 Å². The summed E-state index contributed by atoms with van der Waals surface area (Å²) in [5.41, 5.74) is 6.23. The smallest absolute Gasteiger partial charge is 0.279 e. The number of benzene rings is 1. The fourth-order valence-electron chi connectivity index (χ4n) is 2.86. The maximum Gasteiger partial charge on any atom is 0.279 e. The summed E-state index contributed by atoms with van der Waals surface area (Å²) < 4.78 is 33.5. The van der Waals surface area contributed by atoms with Crippen LogP contribution >= 0.6 is 12.4 Å². The summed E-state index contributed by atoms with van der Waals surface area (Å²) in [6.07, 6.45) is 0. The van der Waals surface area contributed by atoms with Crippen molar-refractivity contribution < 1.29 is 17.9 Å². The molecule has 2 rings (SSSR count). The zero-order valence-corrected chi connectivity index (χ0v) is 16.1. The van der Waals surface area contributed by atoms with E-state index >= 15 is 0 Å². The molecule has 1 amide bonds. The normalized spacial score (nSPS) is 21.1. The molecular formula is C15H25ClN4O4S. The van der Waals surface area contributed by atoms with Gasteiger partial charge in [0.1, 0.15) is 5.75 Å². The number of carbonyl (C=O) groups excluding carboxylic acids is 1. The predicted octanol–water partition coefficient (Wildman–Crippen LogP) is -0.234. The molecule has 1 aliphatic heterocycles. The number of likely N-dealkylation sites (tertiary alicyclic amines) is 1. The van der Waals surface area contributed by atoms with E-state index in [1.54, 1.807) is 7.11 Å². The van der Waals surface area contributed by atoms with Crippen LogP contribution in [0.1, 0.15) is 11.5 Å². The van der Waals surface area contributed by atoms with E-state index in [2.05, 4.69) is 4.72 Å². The maximum absolute atomic E-state index is 12.2. The molecule has 0 spiro atoms. The van der Waals surface area contributed by atoms with Crippen molar-refractivity contribution in [3.05, 3.63) is 29.8 Å². The van der Waals surface area contributed by atoms with Gasteiger partial charge in [-0.3, -0.25) is 9.69 Å². The van der Waals surface area contributed by atoms with Crippen molar-refractivity contribution in [2.75, 3.05) is 40.8 Å². The zero-order valence-electron chi connectivity index (χ0n) is 14.5. The van der Waals surface area contributed by atoms with E-state index < -0.39 is 16.1 Å². The number of amides is 1. The SMILES string of the molecule is COc1cccc([C@H]2CN(CC(N)=O)C[C@@H]2NS(=O)(=O)N(C)C)c1.Cl. The van der Waals surface area contributed by atoms with Crippen molar-refractivity contribution in [1.29, 1.82) is 0 Å². The van der Waals surface area contributed by atoms with Crippen LogP contribution < -0.4 is 15.2 Å². The van der Waals surface area contributed by atoms with Crippen molar-refractivity contribution in [3.8, 4) is 5.75 Å². The van der Waals surface area contributed by atoms with Crippen LogP contribution in [0.5, 0.6) is 5.75 Å². The van der Waals surface area contributed by atoms with Gasteiger partial charge < -0.3 is 10.5 Å². The average Bonchev–Trinajstić information content (AvgIpc) is 2.88. The van der Waals surface area contributed by atoms with E-state index in [1.807, 2.05) is 29.2 Å². The topological polar surface area (TPSA) is 105 Å². The Balaban J connectivity index is 0.00000312. The molecule has 1 aromatic rings. The summed E-state index contributed by atoms with van der Waals surface area (Å²) in [7, 11) is 0.944. The minimum Gasteiger partial charge on any atom is -0.497 e. The minimum atomic E-state index is -3.58. The third-order valence-corrected chi connectivity index (χ3v) is 5.64. The Bertz CT molecular complexity index is 699. The lowest BCUT2D eigenvalue weighted by Crippen LogP contribution is -2.45. The fourth-order valence-corrected chi connectivity index (χ4v) is 3.69. The number of primary amides is 1. The molecule has 8 nitrogen and oxygen atoms in total. The Morgan fingerprint density at radius 2 is 2.08 bits per heavy atom. The van der Waals surface area contributed by atoms with Crippen molar-refractivity contribution >= 4 is 28.5 Å². The summed E-state index contributed by atoms with van der Waals surface area (Å²) in [6, 6.07) is 7.15. The van der Waals surface area contributed by atoms with E-state index in [-0.39, 0.29) is 30.9 Å². The van der Waals surface area contributed by atoms with Crippen LogP contribution in [-0.2, 0) is 15.0 Å². The first-order chi connectivity index (χ1) is 11.2. The summed E-state index contributed by atoms with van der Waals surface area (Å²) in [4.78, 5) is 13.1. The van der Waals surface area contributed by atoms with Gasteiger partial charge in [-0.25, -0.2) is 0 Å². The molecule has 25 heavy (non-hydrogen) atoms. The number of hydrogen-bond donors (Lipinski definition) is 2. The van der Waals surface area contributed by atoms with E-state index in [9.17, 15) is 13.2 Å². The van der Waals surface area contributed by atoms with Gasteiger partial charge in [-0.1, -0.05) is 12.1 Å². The van der Waals surface area contributed by atoms with Gasteiger partial charge in [0.15, 0.2) is 0 Å². The van der Waals surface area contributed by atoms with Crippen LogP contribution in [0.15, 0.2) is 24.3 Å². The van der Waals surface area contributed by atoms with Gasteiger partial charge in [0.05, 0.1) is 13.7 Å². The molecule has 0 saturated carbocycles. The number of halogens is 1. The molecule has 0 bridgehead atoms. The highest BCUT2D eigenvalue weighted by molar-refractivity contribution is 7.87. The molecule has 1 fully saturated rings. The zero-order chi connectivity index (χ0) is 17.9. The molecule has 1 saturated heterocycles. The minimum absolute atomic E-state index is 0. The van der Waals surface area contributed by atoms with Crippen LogP contribution in [0.2, 0.25) is 0 Å². The number of nitrogens with one attached hydrogen (secondary N) is 1. The molecule has 1 aliphatic rings. The number of hydrogen-bond acceptors (Lipinski definition) is 5. The van der Waals surface area contributed by atoms with Crippen LogP contribution in [-0.4, -0.2) is 70.4 Å². The summed E-state index contributed by atoms with van der Waals surface area (Å²) in [6.45, 7) is 1.05. The second kappa shape index (κ2) is 8.81. The number of carbonyl (C=O) groups is 1. The molecule has 3 N–H and O–H groups in total. The molecule has 1 heterocycles. The van der Waals surface area contributed by atoms with Gasteiger partial charge >= 0.3 is 0 Å². The molecule has 0 radical (unpaired) electrons. The molecule has 0 aromatic heterocycles. The number of ether oxygens (including phenoxy) is 1. The second-order valence-electron chi connectivity index (χ2n) is 6.06. The monoisotopic (exact) mass is 392 g/mol. The lowest BCUT2D eigenvalue weighted by molar-refractivity contribution is -0.118. The molecular weight excluding hydrogens is 368 g/mol. The highest BCUT2D eigenvalue weighted by Gasteiger charge is 2.37. The quantitative estimate of drug-likeness (QED) is 0.666. The van der Waals surface area contributed by atoms with Crippen LogP contribution in [0, 0.1) is 0 Å². The first kappa shape index (κ1) is 21.7. The third-order valence-electron chi connectivity index (χ3n) is 4.08. The van der Waals surface area contributed by atoms with Crippen molar-refractivity contribution in [3.63, 3.8) is 0 Å². The fraction of sp³-hybridized carbons (Fsp3) is 0.533. The Morgan fingerprint density at radius 3 is 2.64 bits per heavy atom. The highest BCUT2D eigenvalue weighted by Crippen LogP contribution is 2.30. The molecule has 1 aromatic carbocycles. The van der Waals surface area contributed by atoms with Crippen molar-refractivity contribution in [2.45, 2.75) is 12.0 Å². The van der Waals surface area contributed by atoms with Crippen molar-refractivity contribution in [1.82, 2.24) is 13.9 Å². The summed E-state index contributed by atoms with van der Waals surface area (Å²) in [5, 5.41) is 0. The van der Waals surface area contributed by atoms with Crippen LogP contribution in [0.4, 0.5) is 0 Å². The van der Waals surface area contributed by atoms with Crippen LogP contribution in [0.3, 0.4) is 0 Å². The van der Waals surface area contributed by atoms with Crippen LogP contribution in [0.25, 0.3) is 0 Å². The first-order valence-electron chi connectivity index (χ1n) is 7.57. The number of nitrogens with two attached hydrogens (primary N) is 1. The highest BCUT2D eigenvalue weighted by atomic mass is 35.5. The molecule has 142 valence electrons. The van der Waals surface area contributed by atoms with Crippen molar-refractivity contribution in [2.24, 2.45) is 5.73 Å². The first-order valence-corrected chi connectivity index (χ1v) is 9.01. The number of rotatable bonds is 7. The summed E-state index contributed by atoms with van der Waals surface area (Å²) >= 11 is 0. The molecule has 0 unspecified atom stereocenters. The molecule has 0 aliphatic carbocycles. The number of nitrogens with zero attached hydrogens (tertiary/aromatic N) is 2. The average molecular weight is 393 g/mol. The second-order valence-corrected chi connectivity index (χ2v) is 7.97. The Kier molecular flexibility index (Phi) is 7.63. The number of methoxy groups -OCH3 is 1. The van der Waals surface area contributed by atoms with Gasteiger partial charge in [-0.15, -0.1) is 12.4 Å². The van der Waals surface area contributed by atoms with E-state index in [4.69, 9.17) is 10.5 Å². The predicted molar refractivity (Wildman–Crippen MR) is 98.1 cm³/mol. The third kappa shape index (κ3) is 5.55. The maximum atomic E-state index is 12.2. The largest absolute Gasteiger partial charge is 0.497 e. The van der Waals surface area contributed by atoms with Gasteiger partial charge in [0, 0.05) is 39.1 Å². The standard InChI is InChI=1S/C15H24N4O4S.ClH/c1-18(2)24(21,22)17-14-9-19(10-15(16)20)8-13(14)11-5-4-6-12(7-11)23-3;/h4-7,13-14,17H,8-10H2,1-3H3,(H2,16,20);1H/t13-,14+;/m1./s1. The van der Waals surface area contributed by atoms with E-state index in [1.165, 1.54) is 14.1 Å². The Labute approximate surface area is 154 Å². The molecule has 10 heteroatoms. The van der Waals surface area contributed by atoms with E-state index in [0.717, 1.165) is 9.87 Å². The Hall–Kier alpha value is -1.39.